The van der Waals surface area contributed by atoms with Crippen LogP contribution in [0.1, 0.15) is 22.1 Å². The standard InChI is InChI=1S/C14H7Cl4N3O/c15-8-3-1-2-7(12(8)18)10(6-19)20-14(22)13-9(16)4-5-11(17)21-13/h1-5,10H,(H,20,22). The number of nitriles is 1. The van der Waals surface area contributed by atoms with Gasteiger partial charge in [0.2, 0.25) is 0 Å². The summed E-state index contributed by atoms with van der Waals surface area (Å²) < 4.78 is 0. The van der Waals surface area contributed by atoms with Gasteiger partial charge >= 0.3 is 0 Å². The third-order valence-electron chi connectivity index (χ3n) is 2.72. The van der Waals surface area contributed by atoms with E-state index in [4.69, 9.17) is 46.4 Å². The van der Waals surface area contributed by atoms with Crippen LogP contribution in [0.5, 0.6) is 0 Å². The number of benzene rings is 1. The van der Waals surface area contributed by atoms with E-state index in [1.165, 1.54) is 12.1 Å². The summed E-state index contributed by atoms with van der Waals surface area (Å²) in [5, 5.41) is 12.5. The van der Waals surface area contributed by atoms with Crippen LogP contribution in [0.3, 0.4) is 0 Å². The molecule has 112 valence electrons. The molecule has 0 saturated heterocycles. The summed E-state index contributed by atoms with van der Waals surface area (Å²) in [6.45, 7) is 0. The number of nitrogens with zero attached hydrogens (tertiary/aromatic N) is 2. The summed E-state index contributed by atoms with van der Waals surface area (Å²) in [4.78, 5) is 16.1. The van der Waals surface area contributed by atoms with E-state index >= 15 is 0 Å². The van der Waals surface area contributed by atoms with Crippen LogP contribution in [0.2, 0.25) is 20.2 Å². The molecule has 0 aliphatic heterocycles. The summed E-state index contributed by atoms with van der Waals surface area (Å²) in [5.74, 6) is -0.643. The van der Waals surface area contributed by atoms with Crippen LogP contribution in [-0.4, -0.2) is 10.9 Å². The summed E-state index contributed by atoms with van der Waals surface area (Å²) in [6.07, 6.45) is 0. The van der Waals surface area contributed by atoms with Gasteiger partial charge in [-0.1, -0.05) is 58.5 Å². The lowest BCUT2D eigenvalue weighted by atomic mass is 10.1. The smallest absolute Gasteiger partial charge is 0.272 e. The molecule has 1 atom stereocenters. The van der Waals surface area contributed by atoms with Crippen molar-refractivity contribution in [2.45, 2.75) is 6.04 Å². The Hall–Kier alpha value is -1.51. The fourth-order valence-electron chi connectivity index (χ4n) is 1.70. The Kier molecular flexibility index (Phi) is 5.49. The molecular formula is C14H7Cl4N3O. The molecule has 1 unspecified atom stereocenters. The minimum Gasteiger partial charge on any atom is -0.331 e. The second kappa shape index (κ2) is 7.17. The molecule has 1 aromatic carbocycles. The molecule has 4 nitrogen and oxygen atoms in total. The number of aromatic nitrogens is 1. The summed E-state index contributed by atoms with van der Waals surface area (Å²) in [7, 11) is 0. The Bertz CT molecular complexity index is 773. The van der Waals surface area contributed by atoms with Gasteiger partial charge in [-0.2, -0.15) is 5.26 Å². The van der Waals surface area contributed by atoms with E-state index in [0.29, 0.717) is 5.56 Å². The van der Waals surface area contributed by atoms with Gasteiger partial charge in [-0.05, 0) is 18.2 Å². The number of hydrogen-bond acceptors (Lipinski definition) is 3. The van der Waals surface area contributed by atoms with Crippen molar-refractivity contribution < 1.29 is 4.79 Å². The van der Waals surface area contributed by atoms with Crippen molar-refractivity contribution in [3.05, 3.63) is 61.8 Å². The Labute approximate surface area is 146 Å². The van der Waals surface area contributed by atoms with Crippen LogP contribution in [0.25, 0.3) is 0 Å². The lowest BCUT2D eigenvalue weighted by Gasteiger charge is -2.14. The number of rotatable bonds is 3. The van der Waals surface area contributed by atoms with Crippen LogP contribution in [0.15, 0.2) is 30.3 Å². The number of pyridine rings is 1. The van der Waals surface area contributed by atoms with Gasteiger partial charge in [0, 0.05) is 5.56 Å². The van der Waals surface area contributed by atoms with E-state index in [2.05, 4.69) is 10.3 Å². The van der Waals surface area contributed by atoms with Crippen molar-refractivity contribution in [3.63, 3.8) is 0 Å². The molecular weight excluding hydrogens is 368 g/mol. The molecule has 8 heteroatoms. The third kappa shape index (κ3) is 3.63. The average molecular weight is 375 g/mol. The average Bonchev–Trinajstić information content (AvgIpc) is 2.50. The van der Waals surface area contributed by atoms with E-state index in [1.807, 2.05) is 6.07 Å². The first-order valence-corrected chi connectivity index (χ1v) is 7.41. The second-order valence-electron chi connectivity index (χ2n) is 4.14. The van der Waals surface area contributed by atoms with Gasteiger partial charge in [0.15, 0.2) is 0 Å². The number of carbonyl (C=O) groups excluding carboxylic acids is 1. The maximum Gasteiger partial charge on any atom is 0.272 e. The Morgan fingerprint density at radius 3 is 2.55 bits per heavy atom. The minimum atomic E-state index is -1.00. The van der Waals surface area contributed by atoms with E-state index in [-0.39, 0.29) is 25.9 Å². The van der Waals surface area contributed by atoms with Crippen molar-refractivity contribution in [2.75, 3.05) is 0 Å². The largest absolute Gasteiger partial charge is 0.331 e. The van der Waals surface area contributed by atoms with Crippen molar-refractivity contribution in [2.24, 2.45) is 0 Å². The molecule has 0 aliphatic rings. The van der Waals surface area contributed by atoms with Crippen molar-refractivity contribution in [3.8, 4) is 6.07 Å². The van der Waals surface area contributed by atoms with E-state index in [0.717, 1.165) is 0 Å². The molecule has 0 fully saturated rings. The summed E-state index contributed by atoms with van der Waals surface area (Å²) in [5.41, 5.74) is 0.302. The van der Waals surface area contributed by atoms with Crippen LogP contribution >= 0.6 is 46.4 Å². The first-order valence-electron chi connectivity index (χ1n) is 5.90. The molecule has 1 heterocycles. The molecule has 1 aromatic heterocycles. The number of nitrogens with one attached hydrogen (secondary N) is 1. The third-order valence-corrected chi connectivity index (χ3v) is 4.07. The summed E-state index contributed by atoms with van der Waals surface area (Å²) in [6, 6.07) is 8.64. The zero-order valence-electron chi connectivity index (χ0n) is 10.8. The SMILES string of the molecule is N#CC(NC(=O)c1nc(Cl)ccc1Cl)c1cccc(Cl)c1Cl. The highest BCUT2D eigenvalue weighted by Gasteiger charge is 2.21. The van der Waals surface area contributed by atoms with Crippen LogP contribution in [0, 0.1) is 11.3 Å². The predicted octanol–water partition coefficient (Wildman–Crippen LogP) is 4.69. The molecule has 2 aromatic rings. The van der Waals surface area contributed by atoms with Gasteiger partial charge in [0.05, 0.1) is 21.1 Å². The first-order chi connectivity index (χ1) is 10.4. The maximum absolute atomic E-state index is 12.2. The Morgan fingerprint density at radius 2 is 1.86 bits per heavy atom. The number of amides is 1. The number of halogens is 4. The Balaban J connectivity index is 2.31. The van der Waals surface area contributed by atoms with Gasteiger partial charge in [0.1, 0.15) is 16.9 Å². The molecule has 0 bridgehead atoms. The topological polar surface area (TPSA) is 65.8 Å². The van der Waals surface area contributed by atoms with Gasteiger partial charge in [0.25, 0.3) is 5.91 Å². The molecule has 0 spiro atoms. The van der Waals surface area contributed by atoms with Crippen LogP contribution in [-0.2, 0) is 0 Å². The molecule has 1 amide bonds. The van der Waals surface area contributed by atoms with Crippen molar-refractivity contribution in [1.29, 1.82) is 5.26 Å². The lowest BCUT2D eigenvalue weighted by Crippen LogP contribution is -2.29. The zero-order chi connectivity index (χ0) is 16.3. The molecule has 0 aliphatic carbocycles. The van der Waals surface area contributed by atoms with E-state index in [1.54, 1.807) is 18.2 Å². The summed E-state index contributed by atoms with van der Waals surface area (Å²) >= 11 is 23.6. The van der Waals surface area contributed by atoms with Gasteiger partial charge in [-0.3, -0.25) is 4.79 Å². The van der Waals surface area contributed by atoms with Gasteiger partial charge in [-0.25, -0.2) is 4.98 Å². The molecule has 0 saturated carbocycles. The highest BCUT2D eigenvalue weighted by molar-refractivity contribution is 6.42. The second-order valence-corrected chi connectivity index (χ2v) is 5.72. The molecule has 1 N–H and O–H groups in total. The van der Waals surface area contributed by atoms with Gasteiger partial charge in [-0.15, -0.1) is 0 Å². The highest BCUT2D eigenvalue weighted by atomic mass is 35.5. The van der Waals surface area contributed by atoms with E-state index in [9.17, 15) is 10.1 Å². The Morgan fingerprint density at radius 1 is 1.14 bits per heavy atom. The van der Waals surface area contributed by atoms with Crippen LogP contribution in [0.4, 0.5) is 0 Å². The fraction of sp³-hybridized carbons (Fsp3) is 0.0714. The first kappa shape index (κ1) is 16.9. The zero-order valence-corrected chi connectivity index (χ0v) is 13.8. The molecule has 0 radical (unpaired) electrons. The monoisotopic (exact) mass is 373 g/mol. The molecule has 2 rings (SSSR count). The highest BCUT2D eigenvalue weighted by Crippen LogP contribution is 2.30. The normalized spacial score (nSPS) is 11.6. The van der Waals surface area contributed by atoms with Crippen molar-refractivity contribution in [1.82, 2.24) is 10.3 Å². The minimum absolute atomic E-state index is 0.0763. The number of carbonyl (C=O) groups is 1. The predicted molar refractivity (Wildman–Crippen MR) is 86.5 cm³/mol. The molecule has 22 heavy (non-hydrogen) atoms. The lowest BCUT2D eigenvalue weighted by molar-refractivity contribution is 0.0940. The maximum atomic E-state index is 12.2. The number of hydrogen-bond donors (Lipinski definition) is 1. The fourth-order valence-corrected chi connectivity index (χ4v) is 2.46. The van der Waals surface area contributed by atoms with E-state index < -0.39 is 11.9 Å². The van der Waals surface area contributed by atoms with Crippen LogP contribution < -0.4 is 5.32 Å². The quantitative estimate of drug-likeness (QED) is 0.792. The van der Waals surface area contributed by atoms with Gasteiger partial charge < -0.3 is 5.32 Å². The van der Waals surface area contributed by atoms with Crippen molar-refractivity contribution >= 4 is 52.3 Å².